The van der Waals surface area contributed by atoms with Crippen molar-refractivity contribution in [2.75, 3.05) is 0 Å². The number of aromatic nitrogens is 3. The molecule has 0 saturated carbocycles. The fourth-order valence-electron chi connectivity index (χ4n) is 2.66. The fourth-order valence-corrected chi connectivity index (χ4v) is 3.98. The first kappa shape index (κ1) is 17.9. The zero-order valence-electron chi connectivity index (χ0n) is 14.7. The number of halogens is 1. The third kappa shape index (κ3) is 3.79. The molecule has 0 aliphatic heterocycles. The highest BCUT2D eigenvalue weighted by Gasteiger charge is 2.12. The van der Waals surface area contributed by atoms with Crippen LogP contribution in [0, 0.1) is 0 Å². The van der Waals surface area contributed by atoms with Crippen molar-refractivity contribution >= 4 is 38.3 Å². The van der Waals surface area contributed by atoms with Crippen LogP contribution in [0.1, 0.15) is 19.4 Å². The summed E-state index contributed by atoms with van der Waals surface area (Å²) in [5, 5.41) is 4.39. The zero-order chi connectivity index (χ0) is 19.0. The smallest absolute Gasteiger partial charge is 0.291 e. The van der Waals surface area contributed by atoms with E-state index in [0.717, 1.165) is 21.3 Å². The molecule has 0 unspecified atom stereocenters. The van der Waals surface area contributed by atoms with Crippen LogP contribution in [0.4, 0.5) is 0 Å². The Balaban J connectivity index is 1.69. The average molecular weight is 442 g/mol. The standard InChI is InChI=1S/C20H16BrN3O2S/c1-12(2)26-16-8-6-14(7-9-16)18-22-20-24(23-18)19(25)17(27-20)11-13-4-3-5-15(21)10-13/h3-12H,1-2H3/b17-11-. The van der Waals surface area contributed by atoms with Gasteiger partial charge in [-0.3, -0.25) is 4.79 Å². The van der Waals surface area contributed by atoms with Crippen LogP contribution in [-0.2, 0) is 0 Å². The molecule has 27 heavy (non-hydrogen) atoms. The van der Waals surface area contributed by atoms with Gasteiger partial charge in [-0.15, -0.1) is 5.10 Å². The lowest BCUT2D eigenvalue weighted by Gasteiger charge is -2.09. The second-order valence-electron chi connectivity index (χ2n) is 6.29. The number of benzene rings is 2. The molecule has 0 aliphatic carbocycles. The fraction of sp³-hybridized carbons (Fsp3) is 0.150. The van der Waals surface area contributed by atoms with Crippen LogP contribution in [0.3, 0.4) is 0 Å². The highest BCUT2D eigenvalue weighted by Crippen LogP contribution is 2.21. The lowest BCUT2D eigenvalue weighted by atomic mass is 10.2. The minimum atomic E-state index is -0.159. The van der Waals surface area contributed by atoms with E-state index in [1.807, 2.05) is 68.5 Å². The monoisotopic (exact) mass is 441 g/mol. The SMILES string of the molecule is CC(C)Oc1ccc(-c2nc3s/c(=C\c4cccc(Br)c4)c(=O)n3n2)cc1. The molecule has 0 aliphatic rings. The van der Waals surface area contributed by atoms with Gasteiger partial charge < -0.3 is 4.74 Å². The molecule has 4 rings (SSSR count). The maximum Gasteiger partial charge on any atom is 0.291 e. The van der Waals surface area contributed by atoms with Crippen molar-refractivity contribution in [2.24, 2.45) is 0 Å². The zero-order valence-corrected chi connectivity index (χ0v) is 17.1. The molecule has 5 nitrogen and oxygen atoms in total. The summed E-state index contributed by atoms with van der Waals surface area (Å²) in [4.78, 5) is 17.7. The molecular weight excluding hydrogens is 426 g/mol. The molecule has 0 spiro atoms. The van der Waals surface area contributed by atoms with Crippen molar-refractivity contribution in [3.05, 3.63) is 73.5 Å². The van der Waals surface area contributed by atoms with Gasteiger partial charge in [0.2, 0.25) is 4.96 Å². The summed E-state index contributed by atoms with van der Waals surface area (Å²) in [6.45, 7) is 3.97. The first-order chi connectivity index (χ1) is 13.0. The van der Waals surface area contributed by atoms with Crippen molar-refractivity contribution in [1.82, 2.24) is 14.6 Å². The molecule has 2 heterocycles. The van der Waals surface area contributed by atoms with Gasteiger partial charge in [0.05, 0.1) is 10.6 Å². The van der Waals surface area contributed by atoms with E-state index in [4.69, 9.17) is 4.74 Å². The Labute approximate surface area is 168 Å². The van der Waals surface area contributed by atoms with Gasteiger partial charge in [0.15, 0.2) is 5.82 Å². The largest absolute Gasteiger partial charge is 0.491 e. The van der Waals surface area contributed by atoms with Crippen LogP contribution >= 0.6 is 27.3 Å². The first-order valence-electron chi connectivity index (χ1n) is 8.43. The third-order valence-electron chi connectivity index (χ3n) is 3.81. The number of hydrogen-bond acceptors (Lipinski definition) is 5. The van der Waals surface area contributed by atoms with Crippen LogP contribution in [0.25, 0.3) is 22.4 Å². The van der Waals surface area contributed by atoms with E-state index in [9.17, 15) is 4.79 Å². The molecule has 0 saturated heterocycles. The summed E-state index contributed by atoms with van der Waals surface area (Å²) in [7, 11) is 0. The second-order valence-corrected chi connectivity index (χ2v) is 8.22. The van der Waals surface area contributed by atoms with Gasteiger partial charge in [-0.2, -0.15) is 9.50 Å². The molecule has 2 aromatic heterocycles. The van der Waals surface area contributed by atoms with Crippen molar-refractivity contribution in [2.45, 2.75) is 20.0 Å². The van der Waals surface area contributed by atoms with Gasteiger partial charge in [0.25, 0.3) is 5.56 Å². The minimum absolute atomic E-state index is 0.120. The van der Waals surface area contributed by atoms with Crippen LogP contribution in [0.15, 0.2) is 57.8 Å². The van der Waals surface area contributed by atoms with Crippen LogP contribution < -0.4 is 14.8 Å². The molecule has 2 aromatic carbocycles. The lowest BCUT2D eigenvalue weighted by molar-refractivity contribution is 0.242. The van der Waals surface area contributed by atoms with Gasteiger partial charge in [0, 0.05) is 10.0 Å². The molecule has 0 amide bonds. The summed E-state index contributed by atoms with van der Waals surface area (Å²) < 4.78 is 8.59. The Morgan fingerprint density at radius 3 is 2.63 bits per heavy atom. The Hall–Kier alpha value is -2.51. The van der Waals surface area contributed by atoms with Gasteiger partial charge in [0.1, 0.15) is 5.75 Å². The van der Waals surface area contributed by atoms with E-state index < -0.39 is 0 Å². The summed E-state index contributed by atoms with van der Waals surface area (Å²) in [5.41, 5.74) is 1.64. The predicted molar refractivity (Wildman–Crippen MR) is 111 cm³/mol. The van der Waals surface area contributed by atoms with E-state index in [0.29, 0.717) is 15.3 Å². The lowest BCUT2D eigenvalue weighted by Crippen LogP contribution is -2.23. The Bertz CT molecular complexity index is 1210. The minimum Gasteiger partial charge on any atom is -0.491 e. The predicted octanol–water partition coefficient (Wildman–Crippen LogP) is 3.92. The van der Waals surface area contributed by atoms with Crippen molar-refractivity contribution in [3.63, 3.8) is 0 Å². The highest BCUT2D eigenvalue weighted by molar-refractivity contribution is 9.10. The van der Waals surface area contributed by atoms with Gasteiger partial charge in [-0.1, -0.05) is 39.4 Å². The number of fused-ring (bicyclic) bond motifs is 1. The number of hydrogen-bond donors (Lipinski definition) is 0. The third-order valence-corrected chi connectivity index (χ3v) is 5.27. The number of thiazole rings is 1. The summed E-state index contributed by atoms with van der Waals surface area (Å²) in [6.07, 6.45) is 1.97. The van der Waals surface area contributed by atoms with Gasteiger partial charge in [-0.25, -0.2) is 0 Å². The van der Waals surface area contributed by atoms with Crippen LogP contribution in [-0.4, -0.2) is 20.7 Å². The van der Waals surface area contributed by atoms with Crippen molar-refractivity contribution < 1.29 is 4.74 Å². The molecule has 7 heteroatoms. The second kappa shape index (κ2) is 7.25. The Morgan fingerprint density at radius 1 is 1.19 bits per heavy atom. The van der Waals surface area contributed by atoms with Crippen LogP contribution in [0.2, 0.25) is 0 Å². The maximum absolute atomic E-state index is 12.6. The Kier molecular flexibility index (Phi) is 4.80. The average Bonchev–Trinajstić information content (AvgIpc) is 3.15. The molecule has 0 N–H and O–H groups in total. The number of ether oxygens (including phenoxy) is 1. The van der Waals surface area contributed by atoms with Gasteiger partial charge >= 0.3 is 0 Å². The molecule has 136 valence electrons. The molecule has 0 atom stereocenters. The summed E-state index contributed by atoms with van der Waals surface area (Å²) in [5.74, 6) is 1.33. The van der Waals surface area contributed by atoms with Crippen molar-refractivity contribution in [1.29, 1.82) is 0 Å². The molecule has 0 bridgehead atoms. The maximum atomic E-state index is 12.6. The molecule has 4 aromatic rings. The number of nitrogens with zero attached hydrogens (tertiary/aromatic N) is 3. The molecular formula is C20H16BrN3O2S. The summed E-state index contributed by atoms with van der Waals surface area (Å²) >= 11 is 4.77. The van der Waals surface area contributed by atoms with E-state index in [2.05, 4.69) is 26.0 Å². The topological polar surface area (TPSA) is 56.5 Å². The van der Waals surface area contributed by atoms with Gasteiger partial charge in [-0.05, 0) is 61.9 Å². The number of rotatable bonds is 4. The molecule has 0 fully saturated rings. The first-order valence-corrected chi connectivity index (χ1v) is 10.0. The van der Waals surface area contributed by atoms with Crippen LogP contribution in [0.5, 0.6) is 5.75 Å². The Morgan fingerprint density at radius 2 is 1.96 bits per heavy atom. The normalized spacial score (nSPS) is 12.2. The van der Waals surface area contributed by atoms with E-state index in [1.54, 1.807) is 0 Å². The van der Waals surface area contributed by atoms with E-state index in [-0.39, 0.29) is 11.7 Å². The highest BCUT2D eigenvalue weighted by atomic mass is 79.9. The van der Waals surface area contributed by atoms with Crippen molar-refractivity contribution in [3.8, 4) is 17.1 Å². The van der Waals surface area contributed by atoms with E-state index >= 15 is 0 Å². The molecule has 0 radical (unpaired) electrons. The quantitative estimate of drug-likeness (QED) is 0.481. The van der Waals surface area contributed by atoms with E-state index in [1.165, 1.54) is 15.9 Å². The summed E-state index contributed by atoms with van der Waals surface area (Å²) in [6, 6.07) is 15.4.